The molecule has 0 N–H and O–H groups in total. The molecule has 12 aromatic rings. The molecule has 55 heavy (non-hydrogen) atoms. The van der Waals surface area contributed by atoms with Crippen molar-refractivity contribution < 1.29 is 0 Å². The van der Waals surface area contributed by atoms with Crippen molar-refractivity contribution in [3.8, 4) is 28.2 Å². The Balaban J connectivity index is 1.16. The van der Waals surface area contributed by atoms with Crippen LogP contribution in [0.15, 0.2) is 176 Å². The Morgan fingerprint density at radius 1 is 0.345 bits per heavy atom. The second-order valence-electron chi connectivity index (χ2n) is 14.3. The number of benzene rings is 9. The maximum absolute atomic E-state index is 5.28. The Morgan fingerprint density at radius 2 is 0.873 bits per heavy atom. The fourth-order valence-corrected chi connectivity index (χ4v) is 8.76. The lowest BCUT2D eigenvalue weighted by atomic mass is 9.92. The molecule has 0 fully saturated rings. The van der Waals surface area contributed by atoms with E-state index in [0.29, 0.717) is 11.3 Å². The summed E-state index contributed by atoms with van der Waals surface area (Å²) < 4.78 is 2.28. The van der Waals surface area contributed by atoms with E-state index in [9.17, 15) is 0 Å². The smallest absolute Gasteiger partial charge is 0.199 e. The number of nitrogens with zero attached hydrogens (tertiary/aromatic N) is 5. The highest BCUT2D eigenvalue weighted by Crippen LogP contribution is 2.42. The van der Waals surface area contributed by atoms with Crippen LogP contribution in [-0.4, -0.2) is 24.5 Å². The molecule has 5 nitrogen and oxygen atoms in total. The highest BCUT2D eigenvalue weighted by Gasteiger charge is 2.22. The molecule has 0 aliphatic rings. The quantitative estimate of drug-likeness (QED) is 0.172. The summed E-state index contributed by atoms with van der Waals surface area (Å²) in [5, 5.41) is 14.5. The van der Waals surface area contributed by atoms with E-state index < -0.39 is 0 Å². The van der Waals surface area contributed by atoms with Gasteiger partial charge in [-0.3, -0.25) is 4.57 Å². The van der Waals surface area contributed by atoms with Crippen molar-refractivity contribution in [2.45, 2.75) is 0 Å². The zero-order chi connectivity index (χ0) is 36.0. The van der Waals surface area contributed by atoms with Crippen LogP contribution < -0.4 is 0 Å². The fraction of sp³-hybridized carbons (Fsp3) is 0. The summed E-state index contributed by atoms with van der Waals surface area (Å²) in [4.78, 5) is 19.7. The minimum atomic E-state index is 0.504. The summed E-state index contributed by atoms with van der Waals surface area (Å²) in [5.74, 6) is 0.719. The average Bonchev–Trinajstić information content (AvgIpc) is 3.57. The zero-order valence-electron chi connectivity index (χ0n) is 29.5. The molecule has 5 heteroatoms. The Labute approximate surface area is 314 Å². The predicted octanol–water partition coefficient (Wildman–Crippen LogP) is 12.6. The average molecular weight is 700 g/mol. The van der Waals surface area contributed by atoms with E-state index in [1.807, 2.05) is 0 Å². The van der Waals surface area contributed by atoms with Gasteiger partial charge in [0, 0.05) is 28.7 Å². The standard InChI is InChI=1S/C50H29N5/c1-2-12-32-29-46-44(27-31(32)11-1)43-28-34(33-20-22-40-38-17-6-5-15-36(38)37-16-7-8-18-39(37)42(40)26-33)21-23-45(43)55(46)50-47(53-48-49(54-50)52-25-24-51-48)41-19-9-13-30-10-3-4-14-35(30)41/h1-29H. The van der Waals surface area contributed by atoms with Gasteiger partial charge in [-0.05, 0) is 95.3 Å². The predicted molar refractivity (Wildman–Crippen MR) is 228 cm³/mol. The first kappa shape index (κ1) is 30.0. The summed E-state index contributed by atoms with van der Waals surface area (Å²) in [6, 6.07) is 59.2. The van der Waals surface area contributed by atoms with E-state index in [2.05, 4.69) is 178 Å². The van der Waals surface area contributed by atoms with Crippen molar-refractivity contribution in [3.05, 3.63) is 176 Å². The summed E-state index contributed by atoms with van der Waals surface area (Å²) in [6.07, 6.45) is 3.36. The third-order valence-electron chi connectivity index (χ3n) is 11.3. The van der Waals surface area contributed by atoms with Gasteiger partial charge in [0.05, 0.1) is 11.0 Å². The maximum Gasteiger partial charge on any atom is 0.199 e. The fourth-order valence-electron chi connectivity index (χ4n) is 8.76. The molecule has 0 aliphatic heterocycles. The topological polar surface area (TPSA) is 56.5 Å². The zero-order valence-corrected chi connectivity index (χ0v) is 29.5. The largest absolute Gasteiger partial charge is 0.292 e. The lowest BCUT2D eigenvalue weighted by molar-refractivity contribution is 1.05. The molecule has 0 radical (unpaired) electrons. The van der Waals surface area contributed by atoms with Gasteiger partial charge in [0.2, 0.25) is 0 Å². The van der Waals surface area contributed by atoms with Gasteiger partial charge in [-0.1, -0.05) is 133 Å². The van der Waals surface area contributed by atoms with Gasteiger partial charge in [-0.15, -0.1) is 0 Å². The van der Waals surface area contributed by atoms with Gasteiger partial charge in [-0.2, -0.15) is 0 Å². The molecule has 0 amide bonds. The van der Waals surface area contributed by atoms with Crippen molar-refractivity contribution in [2.24, 2.45) is 0 Å². The van der Waals surface area contributed by atoms with E-state index in [1.165, 1.54) is 43.3 Å². The molecule has 0 atom stereocenters. The number of rotatable bonds is 3. The van der Waals surface area contributed by atoms with Crippen molar-refractivity contribution in [1.82, 2.24) is 24.5 Å². The van der Waals surface area contributed by atoms with Crippen LogP contribution in [0.25, 0.3) is 115 Å². The maximum atomic E-state index is 5.28. The van der Waals surface area contributed by atoms with E-state index in [4.69, 9.17) is 9.97 Å². The van der Waals surface area contributed by atoms with Crippen LogP contribution in [0.1, 0.15) is 0 Å². The van der Waals surface area contributed by atoms with E-state index in [-0.39, 0.29) is 0 Å². The highest BCUT2D eigenvalue weighted by atomic mass is 15.1. The van der Waals surface area contributed by atoms with Crippen LogP contribution in [0.5, 0.6) is 0 Å². The van der Waals surface area contributed by atoms with Crippen LogP contribution in [0.2, 0.25) is 0 Å². The molecule has 0 bridgehead atoms. The minimum Gasteiger partial charge on any atom is -0.292 e. The Bertz CT molecular complexity index is 3520. The van der Waals surface area contributed by atoms with E-state index in [0.717, 1.165) is 60.6 Å². The molecule has 3 heterocycles. The first-order valence-corrected chi connectivity index (χ1v) is 18.5. The van der Waals surface area contributed by atoms with E-state index in [1.54, 1.807) is 12.4 Å². The Hall–Kier alpha value is -7.50. The molecule has 0 spiro atoms. The van der Waals surface area contributed by atoms with Crippen molar-refractivity contribution >= 4 is 87.0 Å². The molecule has 254 valence electrons. The molecule has 0 aliphatic carbocycles. The number of aromatic nitrogens is 5. The lowest BCUT2D eigenvalue weighted by Crippen LogP contribution is -2.05. The normalized spacial score (nSPS) is 12.0. The highest BCUT2D eigenvalue weighted by molar-refractivity contribution is 6.26. The molecule has 0 saturated heterocycles. The SMILES string of the molecule is c1ccc2cc3c(cc2c1)c1cc(-c2ccc4c5ccccc5c5ccccc5c4c2)ccc1n3-c1nc2nccnc2nc1-c1cccc2ccccc12. The first-order chi connectivity index (χ1) is 27.3. The van der Waals surface area contributed by atoms with E-state index >= 15 is 0 Å². The van der Waals surface area contributed by atoms with Gasteiger partial charge in [0.1, 0.15) is 5.69 Å². The van der Waals surface area contributed by atoms with Crippen LogP contribution in [0.4, 0.5) is 0 Å². The Kier molecular flexibility index (Phi) is 6.27. The van der Waals surface area contributed by atoms with Gasteiger partial charge in [-0.25, -0.2) is 19.9 Å². The molecule has 0 unspecified atom stereocenters. The summed E-state index contributed by atoms with van der Waals surface area (Å²) in [7, 11) is 0. The summed E-state index contributed by atoms with van der Waals surface area (Å²) >= 11 is 0. The van der Waals surface area contributed by atoms with Crippen LogP contribution in [0, 0.1) is 0 Å². The minimum absolute atomic E-state index is 0.504. The van der Waals surface area contributed by atoms with Gasteiger partial charge in [0.25, 0.3) is 0 Å². The summed E-state index contributed by atoms with van der Waals surface area (Å²) in [5.41, 5.74) is 7.21. The summed E-state index contributed by atoms with van der Waals surface area (Å²) in [6.45, 7) is 0. The Morgan fingerprint density at radius 3 is 1.60 bits per heavy atom. The van der Waals surface area contributed by atoms with Gasteiger partial charge in [0.15, 0.2) is 17.1 Å². The van der Waals surface area contributed by atoms with Crippen LogP contribution in [0.3, 0.4) is 0 Å². The monoisotopic (exact) mass is 699 g/mol. The molecular weight excluding hydrogens is 671 g/mol. The van der Waals surface area contributed by atoms with Crippen molar-refractivity contribution in [3.63, 3.8) is 0 Å². The number of hydrogen-bond donors (Lipinski definition) is 0. The molecule has 9 aromatic carbocycles. The third kappa shape index (κ3) is 4.47. The van der Waals surface area contributed by atoms with Gasteiger partial charge >= 0.3 is 0 Å². The third-order valence-corrected chi connectivity index (χ3v) is 11.3. The number of fused-ring (bicyclic) bond motifs is 12. The number of hydrogen-bond acceptors (Lipinski definition) is 4. The second-order valence-corrected chi connectivity index (χ2v) is 14.3. The van der Waals surface area contributed by atoms with Crippen molar-refractivity contribution in [1.29, 1.82) is 0 Å². The van der Waals surface area contributed by atoms with Crippen molar-refractivity contribution in [2.75, 3.05) is 0 Å². The second kappa shape index (κ2) is 11.5. The molecular formula is C50H29N5. The molecule has 12 rings (SSSR count). The van der Waals surface area contributed by atoms with Crippen LogP contribution in [-0.2, 0) is 0 Å². The molecule has 3 aromatic heterocycles. The lowest BCUT2D eigenvalue weighted by Gasteiger charge is -2.15. The van der Waals surface area contributed by atoms with Crippen LogP contribution >= 0.6 is 0 Å². The van der Waals surface area contributed by atoms with Gasteiger partial charge < -0.3 is 0 Å². The molecule has 0 saturated carbocycles. The first-order valence-electron chi connectivity index (χ1n) is 18.5.